The zero-order valence-corrected chi connectivity index (χ0v) is 5.25. The Bertz CT molecular complexity index is 197. The van der Waals surface area contributed by atoms with Gasteiger partial charge in [-0.15, -0.1) is 0 Å². The van der Waals surface area contributed by atoms with Crippen molar-refractivity contribution in [2.75, 3.05) is 0 Å². The topological polar surface area (TPSA) is 20.2 Å². The summed E-state index contributed by atoms with van der Waals surface area (Å²) < 4.78 is 0. The first-order chi connectivity index (χ1) is 4.34. The number of allylic oxidation sites excluding steroid dienone is 2. The molecule has 0 bridgehead atoms. The second-order valence-electron chi connectivity index (χ2n) is 3.67. The molecule has 0 aromatic rings. The molecule has 0 heterocycles. The van der Waals surface area contributed by atoms with Crippen LogP contribution in [0.3, 0.4) is 0 Å². The fourth-order valence-corrected chi connectivity index (χ4v) is 2.67. The summed E-state index contributed by atoms with van der Waals surface area (Å²) in [6.45, 7) is 0. The molecule has 0 saturated heterocycles. The van der Waals surface area contributed by atoms with E-state index in [0.717, 1.165) is 18.3 Å². The van der Waals surface area contributed by atoms with E-state index in [9.17, 15) is 5.11 Å². The van der Waals surface area contributed by atoms with Gasteiger partial charge in [-0.05, 0) is 24.7 Å². The third-order valence-corrected chi connectivity index (χ3v) is 3.47. The largest absolute Gasteiger partial charge is 0.392 e. The fourth-order valence-electron chi connectivity index (χ4n) is 2.67. The van der Waals surface area contributed by atoms with Crippen molar-refractivity contribution in [3.05, 3.63) is 12.2 Å². The second kappa shape index (κ2) is 0.988. The van der Waals surface area contributed by atoms with Gasteiger partial charge in [0.1, 0.15) is 0 Å². The monoisotopic (exact) mass is 122 g/mol. The summed E-state index contributed by atoms with van der Waals surface area (Å²) in [6.07, 6.45) is 6.94. The number of hydrogen-bond donors (Lipinski definition) is 1. The Labute approximate surface area is 54.4 Å². The van der Waals surface area contributed by atoms with Gasteiger partial charge in [0, 0.05) is 5.41 Å². The quantitative estimate of drug-likeness (QED) is 0.474. The first-order valence-electron chi connectivity index (χ1n) is 3.70. The normalized spacial score (nSPS) is 66.6. The van der Waals surface area contributed by atoms with E-state index in [1.807, 2.05) is 0 Å². The zero-order chi connectivity index (χ0) is 6.06. The van der Waals surface area contributed by atoms with E-state index in [-0.39, 0.29) is 6.10 Å². The number of hydrogen-bond acceptors (Lipinski definition) is 1. The highest BCUT2D eigenvalue weighted by Gasteiger charge is 2.70. The number of aliphatic hydroxyl groups excluding tert-OH is 1. The predicted molar refractivity (Wildman–Crippen MR) is 33.8 cm³/mol. The molecule has 0 aliphatic heterocycles. The van der Waals surface area contributed by atoms with E-state index in [4.69, 9.17) is 0 Å². The van der Waals surface area contributed by atoms with Gasteiger partial charge in [0.25, 0.3) is 0 Å². The van der Waals surface area contributed by atoms with Gasteiger partial charge in [-0.2, -0.15) is 0 Å². The van der Waals surface area contributed by atoms with Crippen molar-refractivity contribution in [3.63, 3.8) is 0 Å². The van der Waals surface area contributed by atoms with E-state index >= 15 is 0 Å². The van der Waals surface area contributed by atoms with E-state index in [2.05, 4.69) is 12.2 Å². The third-order valence-electron chi connectivity index (χ3n) is 3.47. The fraction of sp³-hybridized carbons (Fsp3) is 0.750. The Hall–Kier alpha value is -0.300. The van der Waals surface area contributed by atoms with Crippen molar-refractivity contribution < 1.29 is 5.11 Å². The van der Waals surface area contributed by atoms with Crippen LogP contribution in [0.2, 0.25) is 0 Å². The molecule has 0 aromatic carbocycles. The average molecular weight is 122 g/mol. The summed E-state index contributed by atoms with van der Waals surface area (Å²) in [5.74, 6) is 1.53. The lowest BCUT2D eigenvalue weighted by Gasteiger charge is -2.39. The van der Waals surface area contributed by atoms with Crippen molar-refractivity contribution in [3.8, 4) is 0 Å². The van der Waals surface area contributed by atoms with Gasteiger partial charge >= 0.3 is 0 Å². The van der Waals surface area contributed by atoms with Gasteiger partial charge in [0.2, 0.25) is 0 Å². The molecule has 1 N–H and O–H groups in total. The van der Waals surface area contributed by atoms with Crippen LogP contribution in [0.4, 0.5) is 0 Å². The summed E-state index contributed by atoms with van der Waals surface area (Å²) in [5, 5.41) is 9.38. The summed E-state index contributed by atoms with van der Waals surface area (Å²) in [5.41, 5.74) is 0.403. The van der Waals surface area contributed by atoms with E-state index in [0.29, 0.717) is 5.41 Å². The molecule has 48 valence electrons. The summed E-state index contributed by atoms with van der Waals surface area (Å²) in [6, 6.07) is 0. The van der Waals surface area contributed by atoms with E-state index < -0.39 is 0 Å². The lowest BCUT2D eigenvalue weighted by molar-refractivity contribution is -0.0328. The van der Waals surface area contributed by atoms with Crippen molar-refractivity contribution in [2.24, 2.45) is 17.3 Å². The predicted octanol–water partition coefficient (Wildman–Crippen LogP) is 0.943. The Morgan fingerprint density at radius 1 is 1.33 bits per heavy atom. The lowest BCUT2D eigenvalue weighted by Crippen LogP contribution is -2.41. The van der Waals surface area contributed by atoms with Crippen LogP contribution in [-0.2, 0) is 0 Å². The molecular formula is C8H10O. The molecule has 2 fully saturated rings. The highest BCUT2D eigenvalue weighted by atomic mass is 16.3. The molecule has 0 amide bonds. The van der Waals surface area contributed by atoms with E-state index in [1.165, 1.54) is 6.42 Å². The van der Waals surface area contributed by atoms with E-state index in [1.54, 1.807) is 0 Å². The van der Waals surface area contributed by atoms with Crippen LogP contribution in [0.5, 0.6) is 0 Å². The van der Waals surface area contributed by atoms with Crippen LogP contribution in [-0.4, -0.2) is 11.2 Å². The van der Waals surface area contributed by atoms with Crippen LogP contribution in [0.25, 0.3) is 0 Å². The van der Waals surface area contributed by atoms with Gasteiger partial charge in [0.15, 0.2) is 0 Å². The Morgan fingerprint density at radius 2 is 2.11 bits per heavy atom. The van der Waals surface area contributed by atoms with Gasteiger partial charge in [-0.3, -0.25) is 0 Å². The number of aliphatic hydroxyl groups is 1. The van der Waals surface area contributed by atoms with Crippen LogP contribution >= 0.6 is 0 Å². The molecule has 3 rings (SSSR count). The summed E-state index contributed by atoms with van der Waals surface area (Å²) in [7, 11) is 0. The van der Waals surface area contributed by atoms with Crippen molar-refractivity contribution in [1.82, 2.24) is 0 Å². The maximum atomic E-state index is 9.38. The van der Waals surface area contributed by atoms with Gasteiger partial charge in [-0.1, -0.05) is 12.2 Å². The molecule has 9 heavy (non-hydrogen) atoms. The molecule has 0 aromatic heterocycles. The van der Waals surface area contributed by atoms with Crippen LogP contribution in [0.15, 0.2) is 12.2 Å². The molecule has 4 atom stereocenters. The molecule has 1 heteroatoms. The average Bonchev–Trinajstić information content (AvgIpc) is 2.52. The van der Waals surface area contributed by atoms with Crippen LogP contribution in [0, 0.1) is 17.3 Å². The van der Waals surface area contributed by atoms with Gasteiger partial charge in [-0.25, -0.2) is 0 Å². The van der Waals surface area contributed by atoms with Gasteiger partial charge < -0.3 is 5.11 Å². The molecule has 1 spiro atoms. The molecule has 0 unspecified atom stereocenters. The van der Waals surface area contributed by atoms with Crippen LogP contribution < -0.4 is 0 Å². The minimum Gasteiger partial charge on any atom is -0.392 e. The second-order valence-corrected chi connectivity index (χ2v) is 3.67. The minimum absolute atomic E-state index is 0.0440. The summed E-state index contributed by atoms with van der Waals surface area (Å²) in [4.78, 5) is 0. The molecule has 3 aliphatic rings. The van der Waals surface area contributed by atoms with Crippen LogP contribution in [0.1, 0.15) is 12.8 Å². The molecule has 0 radical (unpaired) electrons. The Balaban J connectivity index is 2.04. The number of rotatable bonds is 0. The first kappa shape index (κ1) is 4.51. The molecule has 2 saturated carbocycles. The van der Waals surface area contributed by atoms with Crippen molar-refractivity contribution in [2.45, 2.75) is 18.9 Å². The SMILES string of the molecule is O[C@H]1C[C@@H]2C=C[C@H]3C[C@@]123. The smallest absolute Gasteiger partial charge is 0.0613 e. The molecule has 3 aliphatic carbocycles. The first-order valence-corrected chi connectivity index (χ1v) is 3.70. The third kappa shape index (κ3) is 0.284. The van der Waals surface area contributed by atoms with Gasteiger partial charge in [0.05, 0.1) is 6.10 Å². The Morgan fingerprint density at radius 3 is 2.56 bits per heavy atom. The maximum absolute atomic E-state index is 9.38. The maximum Gasteiger partial charge on any atom is 0.0613 e. The highest BCUT2D eigenvalue weighted by Crippen LogP contribution is 2.72. The van der Waals surface area contributed by atoms with Crippen molar-refractivity contribution in [1.29, 1.82) is 0 Å². The zero-order valence-electron chi connectivity index (χ0n) is 5.25. The Kier molecular flexibility index (Phi) is 0.495. The summed E-state index contributed by atoms with van der Waals surface area (Å²) >= 11 is 0. The molecular weight excluding hydrogens is 112 g/mol. The minimum atomic E-state index is 0.0440. The lowest BCUT2D eigenvalue weighted by atomic mass is 9.69. The highest BCUT2D eigenvalue weighted by molar-refractivity contribution is 5.32. The van der Waals surface area contributed by atoms with Crippen molar-refractivity contribution >= 4 is 0 Å². The molecule has 1 nitrogen and oxygen atoms in total. The standard InChI is InChI=1S/C8H10O/c9-7-3-5-1-2-6-4-8(5,6)7/h1-2,5-7,9H,3-4H2/t5-,6-,7-,8+/m0/s1.